The fourth-order valence-corrected chi connectivity index (χ4v) is 7.79. The number of thiophene rings is 1. The first-order chi connectivity index (χ1) is 19.8. The standard InChI is InChI=1S/C29H34Cl2N4O5S2/c1-5-34(27(36)15-32-42(39,40)26-11-10-20(30)14-21(26)31)23-16-35(18(23)4)29(38)22(12-17(2)3)33-28(37)25-13-19-8-6-7-9-24(19)41-25/h6-11,13-14,17-18,22-23,32H,5,12,15-16H2,1-4H3,(H,33,37)/t18?,22-,23+/m0/s1. The quantitative estimate of drug-likeness (QED) is 0.309. The van der Waals surface area contributed by atoms with Crippen LogP contribution in [-0.4, -0.2) is 73.7 Å². The Bertz CT molecular complexity index is 1560. The van der Waals surface area contributed by atoms with Crippen LogP contribution in [-0.2, 0) is 19.6 Å². The van der Waals surface area contributed by atoms with Crippen molar-refractivity contribution in [3.63, 3.8) is 0 Å². The molecule has 0 aliphatic carbocycles. The van der Waals surface area contributed by atoms with E-state index in [4.69, 9.17) is 23.2 Å². The number of nitrogens with zero attached hydrogens (tertiary/aromatic N) is 2. The number of hydrogen-bond donors (Lipinski definition) is 2. The molecule has 1 fully saturated rings. The molecule has 3 aromatic rings. The zero-order chi connectivity index (χ0) is 30.8. The lowest BCUT2D eigenvalue weighted by molar-refractivity contribution is -0.153. The van der Waals surface area contributed by atoms with Gasteiger partial charge in [0.05, 0.1) is 28.5 Å². The van der Waals surface area contributed by atoms with Gasteiger partial charge in [0, 0.05) is 22.8 Å². The molecule has 1 unspecified atom stereocenters. The minimum Gasteiger partial charge on any atom is -0.340 e. The molecule has 1 aromatic heterocycles. The van der Waals surface area contributed by atoms with Crippen LogP contribution in [0.3, 0.4) is 0 Å². The Balaban J connectivity index is 1.39. The fourth-order valence-electron chi connectivity index (χ4n) is 5.08. The van der Waals surface area contributed by atoms with E-state index in [-0.39, 0.29) is 46.3 Å². The molecule has 0 saturated carbocycles. The molecule has 3 amide bonds. The molecule has 1 aliphatic rings. The van der Waals surface area contributed by atoms with Gasteiger partial charge in [0.2, 0.25) is 21.8 Å². The molecule has 3 atom stereocenters. The van der Waals surface area contributed by atoms with Crippen LogP contribution in [0.1, 0.15) is 43.8 Å². The van der Waals surface area contributed by atoms with Crippen LogP contribution in [0.5, 0.6) is 0 Å². The van der Waals surface area contributed by atoms with Gasteiger partial charge in [-0.1, -0.05) is 55.2 Å². The summed E-state index contributed by atoms with van der Waals surface area (Å²) in [7, 11) is -4.05. The number of nitrogens with one attached hydrogen (secondary N) is 2. The number of halogens is 2. The summed E-state index contributed by atoms with van der Waals surface area (Å²) in [6.45, 7) is 7.77. The summed E-state index contributed by atoms with van der Waals surface area (Å²) in [4.78, 5) is 43.4. The second-order valence-corrected chi connectivity index (χ2v) is 14.3. The molecule has 0 bridgehead atoms. The van der Waals surface area contributed by atoms with E-state index in [9.17, 15) is 22.8 Å². The van der Waals surface area contributed by atoms with Crippen LogP contribution in [0.25, 0.3) is 10.1 Å². The number of carbonyl (C=O) groups is 3. The summed E-state index contributed by atoms with van der Waals surface area (Å²) in [5.74, 6) is -0.765. The van der Waals surface area contributed by atoms with Crippen molar-refractivity contribution in [3.05, 3.63) is 63.5 Å². The van der Waals surface area contributed by atoms with Crippen LogP contribution >= 0.6 is 34.5 Å². The van der Waals surface area contributed by atoms with Gasteiger partial charge in [-0.15, -0.1) is 11.3 Å². The summed E-state index contributed by atoms with van der Waals surface area (Å²) in [5.41, 5.74) is 0. The molecule has 2 heterocycles. The molecule has 13 heteroatoms. The molecule has 1 saturated heterocycles. The first-order valence-electron chi connectivity index (χ1n) is 13.7. The van der Waals surface area contributed by atoms with Gasteiger partial charge in [0.1, 0.15) is 10.9 Å². The summed E-state index contributed by atoms with van der Waals surface area (Å²) in [6, 6.07) is 12.2. The van der Waals surface area contributed by atoms with Crippen molar-refractivity contribution >= 4 is 72.4 Å². The number of likely N-dealkylation sites (N-methyl/N-ethyl adjacent to an activating group) is 1. The number of benzene rings is 2. The van der Waals surface area contributed by atoms with Gasteiger partial charge in [-0.25, -0.2) is 13.1 Å². The van der Waals surface area contributed by atoms with E-state index in [1.165, 1.54) is 29.5 Å². The third-order valence-electron chi connectivity index (χ3n) is 7.33. The number of sulfonamides is 1. The zero-order valence-corrected chi connectivity index (χ0v) is 26.9. The third-order valence-corrected chi connectivity index (χ3v) is 10.6. The summed E-state index contributed by atoms with van der Waals surface area (Å²) in [6.07, 6.45) is 0.467. The van der Waals surface area contributed by atoms with Gasteiger partial charge in [-0.05, 0) is 61.9 Å². The highest BCUT2D eigenvalue weighted by atomic mass is 35.5. The molecule has 2 N–H and O–H groups in total. The van der Waals surface area contributed by atoms with Gasteiger partial charge in [-0.2, -0.15) is 0 Å². The lowest BCUT2D eigenvalue weighted by atomic mass is 9.93. The van der Waals surface area contributed by atoms with Gasteiger partial charge in [-0.3, -0.25) is 14.4 Å². The van der Waals surface area contributed by atoms with E-state index in [0.717, 1.165) is 10.1 Å². The molecule has 0 spiro atoms. The maximum atomic E-state index is 13.6. The third kappa shape index (κ3) is 7.08. The van der Waals surface area contributed by atoms with E-state index < -0.39 is 28.5 Å². The van der Waals surface area contributed by atoms with Crippen molar-refractivity contribution < 1.29 is 22.8 Å². The first kappa shape index (κ1) is 32.2. The van der Waals surface area contributed by atoms with Crippen molar-refractivity contribution in [1.82, 2.24) is 19.8 Å². The maximum Gasteiger partial charge on any atom is 0.262 e. The van der Waals surface area contributed by atoms with Crippen molar-refractivity contribution in [2.45, 2.75) is 57.1 Å². The Morgan fingerprint density at radius 2 is 1.83 bits per heavy atom. The maximum absolute atomic E-state index is 13.6. The smallest absolute Gasteiger partial charge is 0.262 e. The van der Waals surface area contributed by atoms with E-state index in [1.807, 2.05) is 51.1 Å². The Hall–Kier alpha value is -2.70. The van der Waals surface area contributed by atoms with E-state index >= 15 is 0 Å². The number of carbonyl (C=O) groups excluding carboxylic acids is 3. The van der Waals surface area contributed by atoms with Gasteiger partial charge >= 0.3 is 0 Å². The second kappa shape index (κ2) is 13.3. The molecule has 226 valence electrons. The predicted molar refractivity (Wildman–Crippen MR) is 167 cm³/mol. The van der Waals surface area contributed by atoms with Crippen molar-refractivity contribution in [2.24, 2.45) is 5.92 Å². The molecule has 2 aromatic carbocycles. The number of fused-ring (bicyclic) bond motifs is 1. The van der Waals surface area contributed by atoms with Gasteiger partial charge in [0.25, 0.3) is 5.91 Å². The average Bonchev–Trinajstić information content (AvgIpc) is 3.37. The lowest BCUT2D eigenvalue weighted by Crippen LogP contribution is -2.70. The number of rotatable bonds is 11. The summed E-state index contributed by atoms with van der Waals surface area (Å²) in [5, 5.41) is 4.16. The molecule has 42 heavy (non-hydrogen) atoms. The highest BCUT2D eigenvalue weighted by Gasteiger charge is 2.45. The largest absolute Gasteiger partial charge is 0.340 e. The number of likely N-dealkylation sites (tertiary alicyclic amines) is 1. The van der Waals surface area contributed by atoms with Crippen LogP contribution in [0.15, 0.2) is 53.4 Å². The SMILES string of the molecule is CCN(C(=O)CNS(=O)(=O)c1ccc(Cl)cc1Cl)[C@@H]1CN(C(=O)[C@H](CC(C)C)NC(=O)c2cc3ccccc3s2)C1C. The Kier molecular flexibility index (Phi) is 10.2. The topological polar surface area (TPSA) is 116 Å². The number of hydrogen-bond acceptors (Lipinski definition) is 6. The monoisotopic (exact) mass is 652 g/mol. The van der Waals surface area contributed by atoms with Gasteiger partial charge in [0.15, 0.2) is 0 Å². The van der Waals surface area contributed by atoms with Crippen LogP contribution in [0.2, 0.25) is 10.0 Å². The van der Waals surface area contributed by atoms with Crippen molar-refractivity contribution in [3.8, 4) is 0 Å². The molecule has 4 rings (SSSR count). The van der Waals surface area contributed by atoms with Crippen LogP contribution in [0, 0.1) is 5.92 Å². The summed E-state index contributed by atoms with van der Waals surface area (Å²) < 4.78 is 28.8. The molecule has 1 aliphatic heterocycles. The molecule has 0 radical (unpaired) electrons. The Labute approximate surface area is 260 Å². The highest BCUT2D eigenvalue weighted by Crippen LogP contribution is 2.28. The van der Waals surface area contributed by atoms with E-state index in [2.05, 4.69) is 10.0 Å². The van der Waals surface area contributed by atoms with E-state index in [0.29, 0.717) is 22.9 Å². The normalized spacial score (nSPS) is 17.6. The first-order valence-corrected chi connectivity index (χ1v) is 16.7. The second-order valence-electron chi connectivity index (χ2n) is 10.7. The van der Waals surface area contributed by atoms with E-state index in [1.54, 1.807) is 16.7 Å². The summed E-state index contributed by atoms with van der Waals surface area (Å²) >= 11 is 13.3. The fraction of sp³-hybridized carbons (Fsp3) is 0.414. The van der Waals surface area contributed by atoms with Gasteiger partial charge < -0.3 is 15.1 Å². The minimum atomic E-state index is -4.05. The lowest BCUT2D eigenvalue weighted by Gasteiger charge is -2.51. The Morgan fingerprint density at radius 1 is 1.12 bits per heavy atom. The Morgan fingerprint density at radius 3 is 2.45 bits per heavy atom. The molecular weight excluding hydrogens is 619 g/mol. The minimum absolute atomic E-state index is 0.0491. The van der Waals surface area contributed by atoms with Crippen molar-refractivity contribution in [2.75, 3.05) is 19.6 Å². The molecule has 9 nitrogen and oxygen atoms in total. The predicted octanol–water partition coefficient (Wildman–Crippen LogP) is 4.78. The zero-order valence-electron chi connectivity index (χ0n) is 23.8. The average molecular weight is 654 g/mol. The number of amides is 3. The molecular formula is C29H34Cl2N4O5S2. The highest BCUT2D eigenvalue weighted by molar-refractivity contribution is 7.89. The van der Waals surface area contributed by atoms with Crippen LogP contribution in [0.4, 0.5) is 0 Å². The van der Waals surface area contributed by atoms with Crippen LogP contribution < -0.4 is 10.0 Å². The van der Waals surface area contributed by atoms with Crippen molar-refractivity contribution in [1.29, 1.82) is 0 Å².